The van der Waals surface area contributed by atoms with Crippen LogP contribution in [0.5, 0.6) is 0 Å². The summed E-state index contributed by atoms with van der Waals surface area (Å²) in [6.07, 6.45) is 6.60. The summed E-state index contributed by atoms with van der Waals surface area (Å²) in [5.74, 6) is 0. The second kappa shape index (κ2) is 6.19. The molecule has 3 rings (SSSR count). The molecule has 7 heteroatoms. The lowest BCUT2D eigenvalue weighted by molar-refractivity contribution is 0.405. The van der Waals surface area contributed by atoms with E-state index in [0.717, 1.165) is 40.9 Å². The van der Waals surface area contributed by atoms with Crippen LogP contribution in [-0.2, 0) is 0 Å². The summed E-state index contributed by atoms with van der Waals surface area (Å²) in [5.41, 5.74) is 1.91. The Labute approximate surface area is 127 Å². The van der Waals surface area contributed by atoms with Gasteiger partial charge in [-0.15, -0.1) is 5.10 Å². The Balaban J connectivity index is 1.67. The second-order valence-corrected chi connectivity index (χ2v) is 6.04. The molecule has 0 radical (unpaired) electrons. The second-order valence-electron chi connectivity index (χ2n) is 5.09. The predicted molar refractivity (Wildman–Crippen MR) is 85.8 cm³/mol. The third kappa shape index (κ3) is 3.37. The molecule has 110 valence electrons. The van der Waals surface area contributed by atoms with Gasteiger partial charge >= 0.3 is 0 Å². The van der Waals surface area contributed by atoms with Gasteiger partial charge in [0.05, 0.1) is 11.9 Å². The molecule has 0 amide bonds. The lowest BCUT2D eigenvalue weighted by Crippen LogP contribution is -2.16. The van der Waals surface area contributed by atoms with Gasteiger partial charge in [0.15, 0.2) is 0 Å². The van der Waals surface area contributed by atoms with E-state index >= 15 is 0 Å². The first-order chi connectivity index (χ1) is 10.2. The Bertz CT molecular complexity index is 671. The molecule has 3 aromatic rings. The average Bonchev–Trinajstić information content (AvgIpc) is 3.02. The van der Waals surface area contributed by atoms with Crippen LogP contribution in [0.25, 0.3) is 16.2 Å². The monoisotopic (exact) mass is 302 g/mol. The molecular weight excluding hydrogens is 284 g/mol. The molecule has 0 atom stereocenters. The van der Waals surface area contributed by atoms with Crippen molar-refractivity contribution < 1.29 is 0 Å². The minimum absolute atomic E-state index is 0.893. The maximum Gasteiger partial charge on any atom is 0.214 e. The molecule has 0 unspecified atom stereocenters. The van der Waals surface area contributed by atoms with E-state index in [0.29, 0.717) is 0 Å². The van der Waals surface area contributed by atoms with Crippen molar-refractivity contribution in [3.63, 3.8) is 0 Å². The first-order valence-corrected chi connectivity index (χ1v) is 7.69. The zero-order valence-electron chi connectivity index (χ0n) is 12.2. The maximum atomic E-state index is 4.59. The highest BCUT2D eigenvalue weighted by atomic mass is 32.1. The average molecular weight is 302 g/mol. The fraction of sp³-hybridized carbons (Fsp3) is 0.357. The van der Waals surface area contributed by atoms with E-state index in [1.165, 1.54) is 0 Å². The fourth-order valence-corrected chi connectivity index (χ4v) is 2.82. The van der Waals surface area contributed by atoms with Crippen LogP contribution in [0.15, 0.2) is 30.7 Å². The van der Waals surface area contributed by atoms with Crippen molar-refractivity contribution in [2.75, 3.05) is 32.5 Å². The van der Waals surface area contributed by atoms with Crippen LogP contribution < -0.4 is 5.32 Å². The van der Waals surface area contributed by atoms with Crippen LogP contribution in [0.4, 0.5) is 5.13 Å². The molecule has 0 aliphatic rings. The summed E-state index contributed by atoms with van der Waals surface area (Å²) in [6, 6.07) is 3.91. The molecule has 3 heterocycles. The topological polar surface area (TPSA) is 58.4 Å². The third-order valence-corrected chi connectivity index (χ3v) is 3.94. The fourth-order valence-electron chi connectivity index (χ4n) is 2.02. The van der Waals surface area contributed by atoms with Gasteiger partial charge in [0.2, 0.25) is 10.1 Å². The summed E-state index contributed by atoms with van der Waals surface area (Å²) in [5, 5.41) is 8.76. The highest BCUT2D eigenvalue weighted by Crippen LogP contribution is 2.23. The molecule has 0 spiro atoms. The number of aromatic nitrogens is 4. The van der Waals surface area contributed by atoms with Gasteiger partial charge in [-0.3, -0.25) is 4.98 Å². The zero-order chi connectivity index (χ0) is 14.7. The minimum atomic E-state index is 0.893. The molecule has 0 aliphatic carbocycles. The first-order valence-electron chi connectivity index (χ1n) is 6.87. The molecule has 3 aromatic heterocycles. The number of hydrogen-bond donors (Lipinski definition) is 1. The van der Waals surface area contributed by atoms with Gasteiger partial charge < -0.3 is 10.2 Å². The van der Waals surface area contributed by atoms with E-state index in [1.54, 1.807) is 17.5 Å². The van der Waals surface area contributed by atoms with Gasteiger partial charge in [0.1, 0.15) is 0 Å². The Morgan fingerprint density at radius 1 is 1.38 bits per heavy atom. The van der Waals surface area contributed by atoms with E-state index in [-0.39, 0.29) is 0 Å². The van der Waals surface area contributed by atoms with E-state index in [4.69, 9.17) is 0 Å². The van der Waals surface area contributed by atoms with Gasteiger partial charge in [0.25, 0.3) is 0 Å². The molecule has 21 heavy (non-hydrogen) atoms. The van der Waals surface area contributed by atoms with Crippen molar-refractivity contribution >= 4 is 21.4 Å². The quantitative estimate of drug-likeness (QED) is 0.708. The lowest BCUT2D eigenvalue weighted by Gasteiger charge is -2.08. The number of nitrogens with one attached hydrogen (secondary N) is 1. The molecule has 6 nitrogen and oxygen atoms in total. The van der Waals surface area contributed by atoms with Crippen molar-refractivity contribution in [3.05, 3.63) is 30.7 Å². The van der Waals surface area contributed by atoms with Crippen molar-refractivity contribution in [2.45, 2.75) is 6.42 Å². The molecule has 1 N–H and O–H groups in total. The van der Waals surface area contributed by atoms with Gasteiger partial charge in [-0.25, -0.2) is 9.50 Å². The van der Waals surface area contributed by atoms with E-state index in [9.17, 15) is 0 Å². The number of hydrogen-bond acceptors (Lipinski definition) is 6. The van der Waals surface area contributed by atoms with E-state index in [2.05, 4.69) is 39.4 Å². The van der Waals surface area contributed by atoms with Gasteiger partial charge in [0, 0.05) is 24.5 Å². The largest absolute Gasteiger partial charge is 0.360 e. The van der Waals surface area contributed by atoms with Crippen molar-refractivity contribution in [2.24, 2.45) is 0 Å². The minimum Gasteiger partial charge on any atom is -0.360 e. The van der Waals surface area contributed by atoms with Gasteiger partial charge in [-0.1, -0.05) is 11.3 Å². The number of nitrogens with zero attached hydrogens (tertiary/aromatic N) is 5. The highest BCUT2D eigenvalue weighted by Gasteiger charge is 2.09. The normalized spacial score (nSPS) is 11.4. The summed E-state index contributed by atoms with van der Waals surface area (Å²) in [4.78, 5) is 11.8. The van der Waals surface area contributed by atoms with Crippen molar-refractivity contribution in [1.82, 2.24) is 24.5 Å². The van der Waals surface area contributed by atoms with Crippen LogP contribution >= 0.6 is 11.3 Å². The van der Waals surface area contributed by atoms with Gasteiger partial charge in [-0.2, -0.15) is 0 Å². The van der Waals surface area contributed by atoms with Crippen molar-refractivity contribution in [1.29, 1.82) is 0 Å². The summed E-state index contributed by atoms with van der Waals surface area (Å²) >= 11 is 1.57. The van der Waals surface area contributed by atoms with Crippen molar-refractivity contribution in [3.8, 4) is 11.3 Å². The summed E-state index contributed by atoms with van der Waals surface area (Å²) in [7, 11) is 4.16. The van der Waals surface area contributed by atoms with Crippen LogP contribution in [0.1, 0.15) is 6.42 Å². The lowest BCUT2D eigenvalue weighted by atomic mass is 10.2. The highest BCUT2D eigenvalue weighted by molar-refractivity contribution is 7.20. The van der Waals surface area contributed by atoms with Crippen LogP contribution in [0, 0.1) is 0 Å². The SMILES string of the molecule is CN(C)CCCNc1nn2cc(-c3cccnc3)nc2s1. The number of pyridine rings is 1. The van der Waals surface area contributed by atoms with Crippen LogP contribution in [0.3, 0.4) is 0 Å². The molecular formula is C14H18N6S. The Kier molecular flexibility index (Phi) is 4.12. The molecule has 0 aliphatic heterocycles. The predicted octanol–water partition coefficient (Wildman–Crippen LogP) is 2.22. The van der Waals surface area contributed by atoms with Crippen LogP contribution in [-0.4, -0.2) is 51.7 Å². The van der Waals surface area contributed by atoms with Crippen LogP contribution in [0.2, 0.25) is 0 Å². The molecule has 0 bridgehead atoms. The van der Waals surface area contributed by atoms with Gasteiger partial charge in [-0.05, 0) is 39.2 Å². The van der Waals surface area contributed by atoms with E-state index in [1.807, 2.05) is 29.0 Å². The molecule has 0 fully saturated rings. The maximum absolute atomic E-state index is 4.59. The Morgan fingerprint density at radius 3 is 3.00 bits per heavy atom. The number of imidazole rings is 1. The number of fused-ring (bicyclic) bond motifs is 1. The smallest absolute Gasteiger partial charge is 0.214 e. The molecule has 0 saturated carbocycles. The molecule has 0 saturated heterocycles. The Hall–Kier alpha value is -1.99. The Morgan fingerprint density at radius 2 is 2.29 bits per heavy atom. The third-order valence-electron chi connectivity index (χ3n) is 3.06. The molecule has 0 aromatic carbocycles. The number of anilines is 1. The number of rotatable bonds is 6. The zero-order valence-corrected chi connectivity index (χ0v) is 13.0. The standard InChI is InChI=1S/C14H18N6S/c1-19(2)8-4-7-16-13-18-20-10-12(17-14(20)21-13)11-5-3-6-15-9-11/h3,5-6,9-10H,4,7-8H2,1-2H3,(H,16,18). The summed E-state index contributed by atoms with van der Waals surface area (Å²) in [6.45, 7) is 1.99. The first kappa shape index (κ1) is 14.0. The summed E-state index contributed by atoms with van der Waals surface area (Å²) < 4.78 is 1.82. The van der Waals surface area contributed by atoms with E-state index < -0.39 is 0 Å².